The lowest BCUT2D eigenvalue weighted by Gasteiger charge is -2.16. The van der Waals surface area contributed by atoms with E-state index in [4.69, 9.17) is 0 Å². The number of rotatable bonds is 10. The molecule has 0 aromatic heterocycles. The molecule has 0 aliphatic rings. The van der Waals surface area contributed by atoms with Crippen LogP contribution in [-0.2, 0) is 0 Å². The summed E-state index contributed by atoms with van der Waals surface area (Å²) < 4.78 is 0. The summed E-state index contributed by atoms with van der Waals surface area (Å²) in [6, 6.07) is 0. The lowest BCUT2D eigenvalue weighted by Crippen LogP contribution is -2.02. The Morgan fingerprint density at radius 1 is 1.12 bits per heavy atom. The molecule has 0 saturated heterocycles. The van der Waals surface area contributed by atoms with Crippen molar-refractivity contribution in [1.82, 2.24) is 0 Å². The summed E-state index contributed by atoms with van der Waals surface area (Å²) in [5.41, 5.74) is 1.16. The fraction of sp³-hybridized carbons (Fsp3) is 0.765. The number of unbranched alkanes of at least 4 members (excludes halogenated alkanes) is 1. The average Bonchev–Trinajstić information content (AvgIpc) is 2.24. The molecule has 0 spiro atoms. The third-order valence-electron chi connectivity index (χ3n) is 3.23. The SMILES string of the molecule is C=C(C)C=CCCCC(CCC)CCC(C)C. The summed E-state index contributed by atoms with van der Waals surface area (Å²) >= 11 is 0. The molecule has 0 nitrogen and oxygen atoms in total. The van der Waals surface area contributed by atoms with Gasteiger partial charge in [-0.1, -0.05) is 77.2 Å². The summed E-state index contributed by atoms with van der Waals surface area (Å²) in [5.74, 6) is 1.82. The summed E-state index contributed by atoms with van der Waals surface area (Å²) in [5, 5.41) is 0. The minimum Gasteiger partial charge on any atom is -0.0961 e. The highest BCUT2D eigenvalue weighted by molar-refractivity contribution is 5.10. The number of allylic oxidation sites excluding steroid dienone is 3. The monoisotopic (exact) mass is 236 g/mol. The van der Waals surface area contributed by atoms with E-state index in [0.717, 1.165) is 17.4 Å². The third kappa shape index (κ3) is 11.7. The minimum absolute atomic E-state index is 0.859. The van der Waals surface area contributed by atoms with Gasteiger partial charge in [-0.25, -0.2) is 0 Å². The lowest BCUT2D eigenvalue weighted by molar-refractivity contribution is 0.369. The molecule has 0 amide bonds. The topological polar surface area (TPSA) is 0 Å². The molecule has 17 heavy (non-hydrogen) atoms. The van der Waals surface area contributed by atoms with Gasteiger partial charge in [0.25, 0.3) is 0 Å². The molecular weight excluding hydrogens is 204 g/mol. The molecule has 0 aromatic rings. The normalized spacial score (nSPS) is 13.5. The van der Waals surface area contributed by atoms with Crippen molar-refractivity contribution in [1.29, 1.82) is 0 Å². The second kappa shape index (κ2) is 10.6. The zero-order valence-electron chi connectivity index (χ0n) is 12.5. The van der Waals surface area contributed by atoms with Crippen LogP contribution in [0.2, 0.25) is 0 Å². The largest absolute Gasteiger partial charge is 0.0961 e. The maximum Gasteiger partial charge on any atom is -0.0347 e. The molecule has 0 saturated carbocycles. The molecule has 1 atom stereocenters. The van der Waals surface area contributed by atoms with Crippen LogP contribution in [0.15, 0.2) is 24.3 Å². The molecule has 0 heterocycles. The molecular formula is C17H32. The Morgan fingerprint density at radius 2 is 1.82 bits per heavy atom. The molecule has 100 valence electrons. The highest BCUT2D eigenvalue weighted by atomic mass is 14.1. The van der Waals surface area contributed by atoms with Gasteiger partial charge in [-0.15, -0.1) is 0 Å². The van der Waals surface area contributed by atoms with Crippen molar-refractivity contribution in [2.24, 2.45) is 11.8 Å². The summed E-state index contributed by atoms with van der Waals surface area (Å²) in [6.07, 6.45) is 13.9. The van der Waals surface area contributed by atoms with Gasteiger partial charge in [-0.2, -0.15) is 0 Å². The smallest absolute Gasteiger partial charge is 0.0347 e. The minimum atomic E-state index is 0.859. The first-order valence-electron chi connectivity index (χ1n) is 7.38. The zero-order valence-corrected chi connectivity index (χ0v) is 12.5. The Labute approximate surface area is 109 Å². The maximum absolute atomic E-state index is 3.88. The first-order chi connectivity index (χ1) is 8.06. The molecule has 0 fully saturated rings. The predicted octanol–water partition coefficient (Wildman–Crippen LogP) is 6.14. The lowest BCUT2D eigenvalue weighted by atomic mass is 9.90. The molecule has 1 unspecified atom stereocenters. The van der Waals surface area contributed by atoms with Crippen LogP contribution in [0.1, 0.15) is 72.6 Å². The van der Waals surface area contributed by atoms with Crippen LogP contribution in [0.3, 0.4) is 0 Å². The quantitative estimate of drug-likeness (QED) is 0.315. The van der Waals surface area contributed by atoms with Crippen molar-refractivity contribution < 1.29 is 0 Å². The van der Waals surface area contributed by atoms with Crippen molar-refractivity contribution in [3.05, 3.63) is 24.3 Å². The van der Waals surface area contributed by atoms with E-state index in [2.05, 4.69) is 46.4 Å². The van der Waals surface area contributed by atoms with Gasteiger partial charge in [0, 0.05) is 0 Å². The Kier molecular flexibility index (Phi) is 10.3. The Morgan fingerprint density at radius 3 is 2.35 bits per heavy atom. The van der Waals surface area contributed by atoms with Crippen molar-refractivity contribution in [2.75, 3.05) is 0 Å². The van der Waals surface area contributed by atoms with Crippen LogP contribution in [-0.4, -0.2) is 0 Å². The van der Waals surface area contributed by atoms with E-state index < -0.39 is 0 Å². The molecule has 0 aliphatic heterocycles. The van der Waals surface area contributed by atoms with Crippen LogP contribution in [0.5, 0.6) is 0 Å². The highest BCUT2D eigenvalue weighted by Gasteiger charge is 2.08. The van der Waals surface area contributed by atoms with E-state index in [0.29, 0.717) is 0 Å². The Balaban J connectivity index is 3.72. The molecule has 0 rings (SSSR count). The van der Waals surface area contributed by atoms with E-state index in [-0.39, 0.29) is 0 Å². The van der Waals surface area contributed by atoms with Gasteiger partial charge >= 0.3 is 0 Å². The van der Waals surface area contributed by atoms with Crippen LogP contribution in [0, 0.1) is 11.8 Å². The van der Waals surface area contributed by atoms with E-state index in [9.17, 15) is 0 Å². The predicted molar refractivity (Wildman–Crippen MR) is 80.3 cm³/mol. The summed E-state index contributed by atoms with van der Waals surface area (Å²) in [4.78, 5) is 0. The second-order valence-electron chi connectivity index (χ2n) is 5.81. The Hall–Kier alpha value is -0.520. The first-order valence-corrected chi connectivity index (χ1v) is 7.38. The standard InChI is InChI=1S/C17H32/c1-6-10-17(14-13-16(4)5)12-9-7-8-11-15(2)3/h8,11,16-17H,2,6-7,9-10,12-14H2,1,3-5H3. The zero-order chi connectivity index (χ0) is 13.1. The van der Waals surface area contributed by atoms with Crippen LogP contribution >= 0.6 is 0 Å². The van der Waals surface area contributed by atoms with Gasteiger partial charge in [0.15, 0.2) is 0 Å². The summed E-state index contributed by atoms with van der Waals surface area (Å²) in [7, 11) is 0. The van der Waals surface area contributed by atoms with Gasteiger partial charge in [-0.3, -0.25) is 0 Å². The van der Waals surface area contributed by atoms with Crippen molar-refractivity contribution >= 4 is 0 Å². The molecule has 0 N–H and O–H groups in total. The van der Waals surface area contributed by atoms with E-state index in [1.807, 2.05) is 0 Å². The van der Waals surface area contributed by atoms with Crippen LogP contribution < -0.4 is 0 Å². The van der Waals surface area contributed by atoms with Gasteiger partial charge < -0.3 is 0 Å². The number of hydrogen-bond donors (Lipinski definition) is 0. The van der Waals surface area contributed by atoms with Gasteiger partial charge in [0.05, 0.1) is 0 Å². The average molecular weight is 236 g/mol. The molecule has 0 radical (unpaired) electrons. The Bertz CT molecular complexity index is 210. The van der Waals surface area contributed by atoms with Crippen molar-refractivity contribution in [3.63, 3.8) is 0 Å². The van der Waals surface area contributed by atoms with E-state index >= 15 is 0 Å². The number of hydrogen-bond acceptors (Lipinski definition) is 0. The van der Waals surface area contributed by atoms with Crippen LogP contribution in [0.4, 0.5) is 0 Å². The fourth-order valence-corrected chi connectivity index (χ4v) is 2.22. The van der Waals surface area contributed by atoms with Crippen molar-refractivity contribution in [2.45, 2.75) is 72.6 Å². The molecule has 0 aromatic carbocycles. The van der Waals surface area contributed by atoms with E-state index in [1.54, 1.807) is 0 Å². The fourth-order valence-electron chi connectivity index (χ4n) is 2.22. The molecule has 0 heteroatoms. The maximum atomic E-state index is 3.88. The van der Waals surface area contributed by atoms with Crippen molar-refractivity contribution in [3.8, 4) is 0 Å². The van der Waals surface area contributed by atoms with Crippen LogP contribution in [0.25, 0.3) is 0 Å². The van der Waals surface area contributed by atoms with Gasteiger partial charge in [0.2, 0.25) is 0 Å². The third-order valence-corrected chi connectivity index (χ3v) is 3.23. The summed E-state index contributed by atoms with van der Waals surface area (Å²) in [6.45, 7) is 12.9. The first kappa shape index (κ1) is 16.5. The van der Waals surface area contributed by atoms with E-state index in [1.165, 1.54) is 44.9 Å². The molecule has 0 aliphatic carbocycles. The van der Waals surface area contributed by atoms with Gasteiger partial charge in [0.1, 0.15) is 0 Å². The second-order valence-corrected chi connectivity index (χ2v) is 5.81. The molecule has 0 bridgehead atoms. The van der Waals surface area contributed by atoms with Gasteiger partial charge in [-0.05, 0) is 31.6 Å². The highest BCUT2D eigenvalue weighted by Crippen LogP contribution is 2.22.